The number of aromatic amines is 1. The van der Waals surface area contributed by atoms with Crippen LogP contribution < -0.4 is 20.5 Å². The maximum atomic E-state index is 11.0. The van der Waals surface area contributed by atoms with E-state index in [1.54, 1.807) is 39.6 Å². The molecule has 1 saturated heterocycles. The highest BCUT2D eigenvalue weighted by atomic mass is 79.9. The Bertz CT molecular complexity index is 2320. The van der Waals surface area contributed by atoms with E-state index in [4.69, 9.17) is 29.0 Å². The van der Waals surface area contributed by atoms with Gasteiger partial charge in [0, 0.05) is 121 Å². The Morgan fingerprint density at radius 3 is 1.44 bits per heavy atom. The maximum absolute atomic E-state index is 11.0. The minimum atomic E-state index is -0.311. The molecule has 0 saturated carbocycles. The third-order valence-electron chi connectivity index (χ3n) is 10.3. The molecule has 3 N–H and O–H groups in total. The molecule has 1 aliphatic heterocycles. The lowest BCUT2D eigenvalue weighted by atomic mass is 9.77. The highest BCUT2D eigenvalue weighted by molar-refractivity contribution is 9.10. The molecule has 7 heterocycles. The molecule has 6 aromatic heterocycles. The molecule has 0 aromatic carbocycles. The molecular weight excluding hydrogens is 869 g/mol. The van der Waals surface area contributed by atoms with E-state index in [1.165, 1.54) is 6.07 Å². The van der Waals surface area contributed by atoms with Gasteiger partial charge in [-0.2, -0.15) is 15.3 Å². The number of hydrogen-bond acceptors (Lipinski definition) is 12. The number of nitrogens with one attached hydrogen (secondary N) is 1. The second kappa shape index (κ2) is 25.2. The number of methoxy groups -OCH3 is 2. The molecular formula is C45H69BBrN9O7. The topological polar surface area (TPSA) is 189 Å². The quantitative estimate of drug-likeness (QED) is 0.152. The first kappa shape index (κ1) is 55.9. The minimum Gasteiger partial charge on any atom is -0.481 e. The van der Waals surface area contributed by atoms with Crippen molar-refractivity contribution in [1.82, 2.24) is 44.3 Å². The van der Waals surface area contributed by atoms with E-state index >= 15 is 0 Å². The van der Waals surface area contributed by atoms with E-state index in [2.05, 4.69) is 80.8 Å². The number of ether oxygens (including phenoxy) is 2. The third kappa shape index (κ3) is 14.7. The summed E-state index contributed by atoms with van der Waals surface area (Å²) in [5.41, 5.74) is 11.0. The molecule has 1 fully saturated rings. The van der Waals surface area contributed by atoms with Crippen LogP contribution in [0.1, 0.15) is 76.2 Å². The van der Waals surface area contributed by atoms with Gasteiger partial charge in [0.05, 0.1) is 42.5 Å². The van der Waals surface area contributed by atoms with Crippen LogP contribution in [0.5, 0.6) is 11.8 Å². The predicted molar refractivity (Wildman–Crippen MR) is 256 cm³/mol. The SMILES string of the molecule is C.CCO.CO.COc1ccc(-c2c(C)nn(C)c2C)cn1.COc1ccc(Br)cn1.Cc1nn(C)c(C)c1-c1ccc(=O)[nH]c1.Cc1nn(C)c(C)c1B1OC(C)(C)C(C)(C)O1. The number of aliphatic hydroxyl groups is 2. The lowest BCUT2D eigenvalue weighted by molar-refractivity contribution is 0.00578. The first-order valence-electron chi connectivity index (χ1n) is 19.9. The molecule has 7 rings (SSSR count). The molecule has 0 atom stereocenters. The summed E-state index contributed by atoms with van der Waals surface area (Å²) < 4.78 is 28.5. The number of aryl methyl sites for hydroxylation is 6. The normalized spacial score (nSPS) is 12.9. The second-order valence-electron chi connectivity index (χ2n) is 15.0. The highest BCUT2D eigenvalue weighted by Crippen LogP contribution is 2.37. The Balaban J connectivity index is 0.000000410. The molecule has 18 heteroatoms. The van der Waals surface area contributed by atoms with Crippen LogP contribution in [-0.4, -0.2) is 101 Å². The van der Waals surface area contributed by atoms with Gasteiger partial charge in [-0.05, 0) is 110 Å². The number of halogens is 1. The number of rotatable bonds is 5. The molecule has 0 bridgehead atoms. The first-order valence-corrected chi connectivity index (χ1v) is 20.7. The van der Waals surface area contributed by atoms with Gasteiger partial charge in [0.25, 0.3) is 0 Å². The number of aliphatic hydroxyl groups excluding tert-OH is 2. The Morgan fingerprint density at radius 2 is 1.11 bits per heavy atom. The zero-order valence-corrected chi connectivity index (χ0v) is 41.0. The summed E-state index contributed by atoms with van der Waals surface area (Å²) in [7, 11) is 9.70. The van der Waals surface area contributed by atoms with Crippen LogP contribution in [0.25, 0.3) is 22.3 Å². The van der Waals surface area contributed by atoms with Gasteiger partial charge in [0.15, 0.2) is 0 Å². The summed E-state index contributed by atoms with van der Waals surface area (Å²) >= 11 is 3.26. The van der Waals surface area contributed by atoms with Crippen molar-refractivity contribution < 1.29 is 29.0 Å². The van der Waals surface area contributed by atoms with Crippen LogP contribution in [0.3, 0.4) is 0 Å². The van der Waals surface area contributed by atoms with Crippen LogP contribution >= 0.6 is 15.9 Å². The van der Waals surface area contributed by atoms with Crippen LogP contribution in [0, 0.1) is 41.5 Å². The minimum absolute atomic E-state index is 0. The number of nitrogens with zero attached hydrogens (tertiary/aromatic N) is 8. The maximum Gasteiger partial charge on any atom is 0.498 e. The second-order valence-corrected chi connectivity index (χ2v) is 15.9. The molecule has 6 aromatic rings. The Kier molecular flexibility index (Phi) is 22.4. The fourth-order valence-electron chi connectivity index (χ4n) is 6.17. The van der Waals surface area contributed by atoms with Gasteiger partial charge in [-0.3, -0.25) is 18.8 Å². The van der Waals surface area contributed by atoms with E-state index < -0.39 is 0 Å². The lowest BCUT2D eigenvalue weighted by Crippen LogP contribution is -2.41. The summed E-state index contributed by atoms with van der Waals surface area (Å²) in [4.78, 5) is 21.8. The van der Waals surface area contributed by atoms with Gasteiger partial charge in [-0.1, -0.05) is 7.43 Å². The van der Waals surface area contributed by atoms with E-state index in [0.717, 1.165) is 73.5 Å². The summed E-state index contributed by atoms with van der Waals surface area (Å²) in [5, 5.41) is 27.7. The van der Waals surface area contributed by atoms with Crippen molar-refractivity contribution in [2.75, 3.05) is 27.9 Å². The molecule has 0 amide bonds. The van der Waals surface area contributed by atoms with Crippen LogP contribution in [-0.2, 0) is 30.5 Å². The zero-order chi connectivity index (χ0) is 47.1. The zero-order valence-electron chi connectivity index (χ0n) is 39.4. The van der Waals surface area contributed by atoms with Gasteiger partial charge in [-0.25, -0.2) is 9.97 Å². The third-order valence-corrected chi connectivity index (χ3v) is 10.8. The van der Waals surface area contributed by atoms with Crippen LogP contribution in [0.2, 0.25) is 0 Å². The van der Waals surface area contributed by atoms with Gasteiger partial charge in [0.1, 0.15) is 0 Å². The van der Waals surface area contributed by atoms with Gasteiger partial charge in [0.2, 0.25) is 17.3 Å². The average molecular weight is 939 g/mol. The van der Waals surface area contributed by atoms with Gasteiger partial charge in [-0.15, -0.1) is 0 Å². The molecule has 346 valence electrons. The molecule has 1 aliphatic rings. The molecule has 0 spiro atoms. The summed E-state index contributed by atoms with van der Waals surface area (Å²) in [6.45, 7) is 22.3. The summed E-state index contributed by atoms with van der Waals surface area (Å²) in [5.74, 6) is 1.26. The van der Waals surface area contributed by atoms with E-state index in [-0.39, 0.29) is 37.9 Å². The highest BCUT2D eigenvalue weighted by Gasteiger charge is 2.53. The van der Waals surface area contributed by atoms with Crippen LogP contribution in [0.4, 0.5) is 0 Å². The lowest BCUT2D eigenvalue weighted by Gasteiger charge is -2.32. The fraction of sp³-hybridized carbons (Fsp3) is 0.467. The monoisotopic (exact) mass is 937 g/mol. The van der Waals surface area contributed by atoms with E-state index in [9.17, 15) is 4.79 Å². The Hall–Kier alpha value is -5.14. The smallest absolute Gasteiger partial charge is 0.481 e. The standard InChI is InChI=1S/C12H21BN2O2.C12H15N3O.C11H13N3O.C6H6BrNO.C2H6O.CH4O.CH4/c1-8-10(9(2)15(7)14-8)13-16-11(3,4)12(5,6)17-13;1-8-12(9(2)15(3)14-8)10-5-6-11(16-4)13-7-10;1-7-11(8(2)14(3)13-7)9-4-5-10(15)12-6-9;1-9-6-3-2-5(7)4-8-6;1-2-3;1-2;/h1-7H3;5-7H,1-4H3;4-6H,1-3H3,(H,12,15);2-4H,1H3;3H,2H2,1H3;2H,1H3;1H4. The number of hydrogen-bond donors (Lipinski definition) is 3. The largest absolute Gasteiger partial charge is 0.498 e. The van der Waals surface area contributed by atoms with E-state index in [0.29, 0.717) is 11.8 Å². The van der Waals surface area contributed by atoms with E-state index in [1.807, 2.05) is 100 Å². The molecule has 0 aliphatic carbocycles. The fourth-order valence-corrected chi connectivity index (χ4v) is 6.41. The molecule has 63 heavy (non-hydrogen) atoms. The van der Waals surface area contributed by atoms with Crippen molar-refractivity contribution in [3.05, 3.63) is 104 Å². The van der Waals surface area contributed by atoms with Gasteiger partial charge >= 0.3 is 7.12 Å². The summed E-state index contributed by atoms with van der Waals surface area (Å²) in [6, 6.07) is 10.9. The Morgan fingerprint density at radius 1 is 0.698 bits per heavy atom. The Labute approximate surface area is 382 Å². The number of pyridine rings is 3. The van der Waals surface area contributed by atoms with Crippen molar-refractivity contribution in [2.45, 2.75) is 94.8 Å². The predicted octanol–water partition coefficient (Wildman–Crippen LogP) is 6.93. The van der Waals surface area contributed by atoms with Crippen molar-refractivity contribution in [3.63, 3.8) is 0 Å². The van der Waals surface area contributed by atoms with Crippen molar-refractivity contribution >= 4 is 28.5 Å². The molecule has 0 unspecified atom stereocenters. The van der Waals surface area contributed by atoms with Crippen molar-refractivity contribution in [3.8, 4) is 34.0 Å². The first-order chi connectivity index (χ1) is 29.1. The summed E-state index contributed by atoms with van der Waals surface area (Å²) in [6.07, 6.45) is 5.23. The number of aromatic nitrogens is 9. The van der Waals surface area contributed by atoms with Gasteiger partial charge < -0.3 is 34.0 Å². The van der Waals surface area contributed by atoms with Crippen LogP contribution in [0.15, 0.2) is 64.3 Å². The molecule has 16 nitrogen and oxygen atoms in total. The van der Waals surface area contributed by atoms with Crippen molar-refractivity contribution in [2.24, 2.45) is 21.1 Å². The average Bonchev–Trinajstić information content (AvgIpc) is 3.83. The number of H-pyrrole nitrogens is 1. The molecule has 0 radical (unpaired) electrons. The van der Waals surface area contributed by atoms with Crippen molar-refractivity contribution in [1.29, 1.82) is 0 Å².